The molecule has 2 N–H and O–H groups in total. The van der Waals surface area contributed by atoms with Gasteiger partial charge < -0.3 is 15.2 Å². The van der Waals surface area contributed by atoms with Gasteiger partial charge in [0.1, 0.15) is 5.75 Å². The van der Waals surface area contributed by atoms with E-state index < -0.39 is 5.54 Å². The van der Waals surface area contributed by atoms with Gasteiger partial charge in [0.2, 0.25) is 0 Å². The molecule has 1 unspecified atom stereocenters. The average molecular weight is 383 g/mol. The Bertz CT molecular complexity index is 571. The molecule has 0 aliphatic heterocycles. The third-order valence-corrected chi connectivity index (χ3v) is 4.01. The smallest absolute Gasteiger partial charge is 0.120 e. The molecule has 2 aromatic carbocycles. The van der Waals surface area contributed by atoms with Crippen molar-refractivity contribution < 1.29 is 9.84 Å². The summed E-state index contributed by atoms with van der Waals surface area (Å²) in [5.41, 5.74) is 1.43. The summed E-state index contributed by atoms with van der Waals surface area (Å²) in [5, 5.41) is 13.2. The van der Waals surface area contributed by atoms with Crippen molar-refractivity contribution in [1.82, 2.24) is 0 Å². The Labute approximate surface area is 133 Å². The Balaban J connectivity index is 2.28. The van der Waals surface area contributed by atoms with Gasteiger partial charge in [0.05, 0.1) is 19.3 Å². The monoisotopic (exact) mass is 383 g/mol. The van der Waals surface area contributed by atoms with Crippen molar-refractivity contribution in [3.05, 3.63) is 57.7 Å². The van der Waals surface area contributed by atoms with E-state index in [4.69, 9.17) is 4.74 Å². The highest BCUT2D eigenvalue weighted by molar-refractivity contribution is 14.1. The molecular formula is C16H18INO2. The van der Waals surface area contributed by atoms with Crippen molar-refractivity contribution in [3.63, 3.8) is 0 Å². The third kappa shape index (κ3) is 3.43. The number of aliphatic hydroxyl groups excluding tert-OH is 1. The van der Waals surface area contributed by atoms with E-state index in [1.165, 1.54) is 3.57 Å². The number of rotatable bonds is 5. The van der Waals surface area contributed by atoms with Gasteiger partial charge in [0, 0.05) is 15.3 Å². The number of hydrogen-bond acceptors (Lipinski definition) is 3. The van der Waals surface area contributed by atoms with Gasteiger partial charge in [-0.25, -0.2) is 0 Å². The van der Waals surface area contributed by atoms with E-state index in [0.29, 0.717) is 0 Å². The predicted octanol–water partition coefficient (Wildman–Crippen LogP) is 3.62. The number of hydrogen-bond donors (Lipinski definition) is 2. The lowest BCUT2D eigenvalue weighted by atomic mass is 9.92. The minimum Gasteiger partial charge on any atom is -0.497 e. The minimum atomic E-state index is -0.531. The first-order chi connectivity index (χ1) is 9.57. The van der Waals surface area contributed by atoms with Gasteiger partial charge in [-0.2, -0.15) is 0 Å². The van der Waals surface area contributed by atoms with Crippen LogP contribution in [0.4, 0.5) is 5.69 Å². The minimum absolute atomic E-state index is 0.00476. The summed E-state index contributed by atoms with van der Waals surface area (Å²) >= 11 is 2.27. The lowest BCUT2D eigenvalue weighted by Crippen LogP contribution is -2.35. The average Bonchev–Trinajstić information content (AvgIpc) is 2.48. The second kappa shape index (κ2) is 6.45. The standard InChI is InChI=1S/C16H18INO2/c1-16(11-19,12-6-8-13(17)9-7-12)18-14-4-3-5-15(10-14)20-2/h3-10,18-19H,11H2,1-2H3. The molecule has 0 saturated carbocycles. The highest BCUT2D eigenvalue weighted by atomic mass is 127. The zero-order valence-corrected chi connectivity index (χ0v) is 13.7. The number of benzene rings is 2. The van der Waals surface area contributed by atoms with Crippen LogP contribution < -0.4 is 10.1 Å². The maximum atomic E-state index is 9.80. The molecule has 0 fully saturated rings. The third-order valence-electron chi connectivity index (χ3n) is 3.29. The zero-order valence-electron chi connectivity index (χ0n) is 11.6. The van der Waals surface area contributed by atoms with Gasteiger partial charge in [-0.1, -0.05) is 18.2 Å². The number of nitrogens with one attached hydrogen (secondary N) is 1. The number of anilines is 1. The van der Waals surface area contributed by atoms with Crippen LogP contribution in [0, 0.1) is 3.57 Å². The van der Waals surface area contributed by atoms with Gasteiger partial charge in [-0.05, 0) is 59.3 Å². The summed E-state index contributed by atoms with van der Waals surface area (Å²) in [6.07, 6.45) is 0. The Kier molecular flexibility index (Phi) is 4.88. The first kappa shape index (κ1) is 15.1. The van der Waals surface area contributed by atoms with Crippen molar-refractivity contribution in [2.45, 2.75) is 12.5 Å². The molecule has 0 bridgehead atoms. The Morgan fingerprint density at radius 3 is 2.50 bits per heavy atom. The molecule has 0 heterocycles. The quantitative estimate of drug-likeness (QED) is 0.776. The summed E-state index contributed by atoms with van der Waals surface area (Å²) in [5.74, 6) is 0.790. The van der Waals surface area contributed by atoms with E-state index in [2.05, 4.69) is 27.9 Å². The van der Waals surface area contributed by atoms with Crippen LogP contribution in [-0.2, 0) is 5.54 Å². The maximum absolute atomic E-state index is 9.80. The molecule has 106 valence electrons. The van der Waals surface area contributed by atoms with Crippen LogP contribution in [0.5, 0.6) is 5.75 Å². The van der Waals surface area contributed by atoms with E-state index >= 15 is 0 Å². The first-order valence-corrected chi connectivity index (χ1v) is 7.44. The molecule has 20 heavy (non-hydrogen) atoms. The van der Waals surface area contributed by atoms with Crippen LogP contribution >= 0.6 is 22.6 Å². The number of halogens is 1. The van der Waals surface area contributed by atoms with E-state index in [1.807, 2.05) is 55.5 Å². The molecule has 0 saturated heterocycles. The van der Waals surface area contributed by atoms with Crippen LogP contribution in [0.2, 0.25) is 0 Å². The molecule has 2 aromatic rings. The molecular weight excluding hydrogens is 365 g/mol. The molecule has 4 heteroatoms. The zero-order chi connectivity index (χ0) is 14.6. The highest BCUT2D eigenvalue weighted by Crippen LogP contribution is 2.28. The lowest BCUT2D eigenvalue weighted by Gasteiger charge is -2.30. The second-order valence-electron chi connectivity index (χ2n) is 4.85. The molecule has 0 spiro atoms. The lowest BCUT2D eigenvalue weighted by molar-refractivity contribution is 0.224. The molecule has 1 atom stereocenters. The van der Waals surface area contributed by atoms with Crippen molar-refractivity contribution in [2.24, 2.45) is 0 Å². The summed E-state index contributed by atoms with van der Waals surface area (Å²) in [6.45, 7) is 1.99. The van der Waals surface area contributed by atoms with Crippen LogP contribution in [-0.4, -0.2) is 18.8 Å². The van der Waals surface area contributed by atoms with Gasteiger partial charge in [0.25, 0.3) is 0 Å². The van der Waals surface area contributed by atoms with Crippen molar-refractivity contribution in [1.29, 1.82) is 0 Å². The Morgan fingerprint density at radius 1 is 1.20 bits per heavy atom. The van der Waals surface area contributed by atoms with E-state index in [-0.39, 0.29) is 6.61 Å². The predicted molar refractivity (Wildman–Crippen MR) is 90.2 cm³/mol. The molecule has 0 aliphatic rings. The molecule has 3 nitrogen and oxygen atoms in total. The van der Waals surface area contributed by atoms with E-state index in [0.717, 1.165) is 17.0 Å². The van der Waals surface area contributed by atoms with Crippen molar-refractivity contribution in [3.8, 4) is 5.75 Å². The number of ether oxygens (including phenoxy) is 1. The van der Waals surface area contributed by atoms with E-state index in [9.17, 15) is 5.11 Å². The van der Waals surface area contributed by atoms with E-state index in [1.54, 1.807) is 7.11 Å². The van der Waals surface area contributed by atoms with Crippen molar-refractivity contribution in [2.75, 3.05) is 19.0 Å². The first-order valence-electron chi connectivity index (χ1n) is 6.36. The summed E-state index contributed by atoms with van der Waals surface area (Å²) in [6, 6.07) is 15.8. The molecule has 2 rings (SSSR count). The summed E-state index contributed by atoms with van der Waals surface area (Å²) in [7, 11) is 1.64. The van der Waals surface area contributed by atoms with Crippen LogP contribution in [0.15, 0.2) is 48.5 Å². The van der Waals surface area contributed by atoms with Gasteiger partial charge in [-0.15, -0.1) is 0 Å². The highest BCUT2D eigenvalue weighted by Gasteiger charge is 2.25. The van der Waals surface area contributed by atoms with Crippen LogP contribution in [0.25, 0.3) is 0 Å². The van der Waals surface area contributed by atoms with Crippen molar-refractivity contribution >= 4 is 28.3 Å². The Hall–Kier alpha value is -1.27. The van der Waals surface area contributed by atoms with Gasteiger partial charge >= 0.3 is 0 Å². The molecule has 0 amide bonds. The second-order valence-corrected chi connectivity index (χ2v) is 6.10. The SMILES string of the molecule is COc1cccc(NC(C)(CO)c2ccc(I)cc2)c1. The fraction of sp³-hybridized carbons (Fsp3) is 0.250. The maximum Gasteiger partial charge on any atom is 0.120 e. The summed E-state index contributed by atoms with van der Waals surface area (Å²) in [4.78, 5) is 0. The largest absolute Gasteiger partial charge is 0.497 e. The normalized spacial score (nSPS) is 13.6. The summed E-state index contributed by atoms with van der Waals surface area (Å²) < 4.78 is 6.40. The molecule has 0 radical (unpaired) electrons. The van der Waals surface area contributed by atoms with Crippen LogP contribution in [0.3, 0.4) is 0 Å². The fourth-order valence-electron chi connectivity index (χ4n) is 2.04. The fourth-order valence-corrected chi connectivity index (χ4v) is 2.40. The molecule has 0 aliphatic carbocycles. The number of aliphatic hydroxyl groups is 1. The number of methoxy groups -OCH3 is 1. The Morgan fingerprint density at radius 2 is 1.90 bits per heavy atom. The van der Waals surface area contributed by atoms with Gasteiger partial charge in [-0.3, -0.25) is 0 Å². The van der Waals surface area contributed by atoms with Crippen LogP contribution in [0.1, 0.15) is 12.5 Å². The molecule has 0 aromatic heterocycles. The topological polar surface area (TPSA) is 41.5 Å². The van der Waals surface area contributed by atoms with Gasteiger partial charge in [0.15, 0.2) is 0 Å².